The number of nitrogens with zero attached hydrogens (tertiary/aromatic N) is 3. The highest BCUT2D eigenvalue weighted by Gasteiger charge is 2.28. The molecule has 5 rings (SSSR count). The molecule has 9 heteroatoms. The molecule has 3 aromatic rings. The van der Waals surface area contributed by atoms with Gasteiger partial charge in [0.05, 0.1) is 17.8 Å². The summed E-state index contributed by atoms with van der Waals surface area (Å²) in [6.07, 6.45) is 3.49. The van der Waals surface area contributed by atoms with Crippen LogP contribution in [0.25, 0.3) is 10.9 Å². The molecule has 1 amide bonds. The number of β-amino-alcohol motifs (C(OH)–C–C–N with tert-alkyl or cyclic N) is 1. The number of fused-ring (bicyclic) bond motifs is 1. The molecule has 1 saturated carbocycles. The lowest BCUT2D eigenvalue weighted by Crippen LogP contribution is -2.47. The largest absolute Gasteiger partial charge is 0.395 e. The Morgan fingerprint density at radius 3 is 2.59 bits per heavy atom. The molecule has 2 aliphatic rings. The van der Waals surface area contributed by atoms with E-state index in [1.807, 2.05) is 9.47 Å². The molecule has 0 atom stereocenters. The summed E-state index contributed by atoms with van der Waals surface area (Å²) >= 11 is 6.00. The normalized spacial score (nSPS) is 16.7. The third-order valence-electron chi connectivity index (χ3n) is 6.50. The van der Waals surface area contributed by atoms with Crippen molar-refractivity contribution in [1.82, 2.24) is 9.47 Å². The van der Waals surface area contributed by atoms with Gasteiger partial charge in [-0.05, 0) is 43.2 Å². The van der Waals surface area contributed by atoms with Crippen LogP contribution in [0.15, 0.2) is 47.4 Å². The molecule has 0 unspecified atom stereocenters. The lowest BCUT2D eigenvalue weighted by atomic mass is 10.1. The molecule has 1 saturated heterocycles. The van der Waals surface area contributed by atoms with E-state index in [1.54, 1.807) is 36.5 Å². The number of carbonyl (C=O) groups is 1. The first-order chi connectivity index (χ1) is 16.4. The number of aliphatic hydroxyl groups excluding tert-OH is 1. The molecule has 2 fully saturated rings. The topological polar surface area (TPSA) is 77.8 Å². The van der Waals surface area contributed by atoms with Gasteiger partial charge in [0.15, 0.2) is 0 Å². The Hall–Kier alpha value is -2.94. The molecule has 0 radical (unpaired) electrons. The van der Waals surface area contributed by atoms with E-state index in [-0.39, 0.29) is 23.6 Å². The number of carbonyl (C=O) groups excluding carboxylic acids is 1. The lowest BCUT2D eigenvalue weighted by Gasteiger charge is -2.36. The second kappa shape index (κ2) is 9.37. The van der Waals surface area contributed by atoms with E-state index in [2.05, 4.69) is 10.2 Å². The third kappa shape index (κ3) is 4.53. The zero-order valence-corrected chi connectivity index (χ0v) is 19.4. The number of pyridine rings is 1. The molecular formula is C25H26ClFN4O3. The van der Waals surface area contributed by atoms with Crippen LogP contribution < -0.4 is 15.6 Å². The molecule has 1 aliphatic heterocycles. The molecular weight excluding hydrogens is 459 g/mol. The van der Waals surface area contributed by atoms with Crippen molar-refractivity contribution >= 4 is 39.8 Å². The smallest absolute Gasteiger partial charge is 0.261 e. The van der Waals surface area contributed by atoms with Crippen molar-refractivity contribution in [1.29, 1.82) is 0 Å². The van der Waals surface area contributed by atoms with Gasteiger partial charge in [0, 0.05) is 61.1 Å². The first-order valence-electron chi connectivity index (χ1n) is 11.5. The Bertz CT molecular complexity index is 1300. The van der Waals surface area contributed by atoms with Gasteiger partial charge >= 0.3 is 0 Å². The second-order valence-electron chi connectivity index (χ2n) is 8.85. The van der Waals surface area contributed by atoms with Gasteiger partial charge in [-0.2, -0.15) is 0 Å². The number of amides is 1. The van der Waals surface area contributed by atoms with E-state index in [9.17, 15) is 9.59 Å². The van der Waals surface area contributed by atoms with Crippen LogP contribution in [-0.4, -0.2) is 59.8 Å². The van der Waals surface area contributed by atoms with Crippen molar-refractivity contribution in [3.63, 3.8) is 0 Å². The Balaban J connectivity index is 1.51. The van der Waals surface area contributed by atoms with Crippen LogP contribution in [-0.2, 0) is 0 Å². The van der Waals surface area contributed by atoms with Gasteiger partial charge in [-0.15, -0.1) is 0 Å². The van der Waals surface area contributed by atoms with Gasteiger partial charge in [0.25, 0.3) is 5.91 Å². The fourth-order valence-corrected chi connectivity index (χ4v) is 4.73. The fraction of sp³-hybridized carbons (Fsp3) is 0.360. The first kappa shape index (κ1) is 22.8. The lowest BCUT2D eigenvalue weighted by molar-refractivity contribution is 0.102. The number of hydrogen-bond donors (Lipinski definition) is 2. The van der Waals surface area contributed by atoms with Crippen molar-refractivity contribution in [3.05, 3.63) is 69.2 Å². The standard InChI is InChI=1S/C25H26ClFN4O3/c26-16-2-1-3-17(12-16)28-25(34)20-15-31(18-4-5-18)22-14-23(21(27)13-19(22)24(20)33)30-8-6-29(7-9-30)10-11-32/h1-3,12-15,18,32H,4-11H2,(H,28,34). The van der Waals surface area contributed by atoms with Crippen LogP contribution in [0.3, 0.4) is 0 Å². The number of anilines is 2. The third-order valence-corrected chi connectivity index (χ3v) is 6.73. The van der Waals surface area contributed by atoms with Crippen molar-refractivity contribution in [2.24, 2.45) is 0 Å². The Morgan fingerprint density at radius 2 is 1.91 bits per heavy atom. The number of piperazine rings is 1. The van der Waals surface area contributed by atoms with E-state index in [0.717, 1.165) is 25.9 Å². The predicted octanol–water partition coefficient (Wildman–Crippen LogP) is 3.50. The monoisotopic (exact) mass is 484 g/mol. The predicted molar refractivity (Wildman–Crippen MR) is 132 cm³/mol. The SMILES string of the molecule is O=C(Nc1cccc(Cl)c1)c1cn(C2CC2)c2cc(N3CCN(CCO)CC3)c(F)cc2c1=O. The van der Waals surface area contributed by atoms with E-state index in [4.69, 9.17) is 16.7 Å². The van der Waals surface area contributed by atoms with E-state index < -0.39 is 17.2 Å². The molecule has 178 valence electrons. The summed E-state index contributed by atoms with van der Waals surface area (Å²) in [4.78, 5) is 30.4. The van der Waals surface area contributed by atoms with E-state index >= 15 is 4.39 Å². The average Bonchev–Trinajstić information content (AvgIpc) is 3.65. The molecule has 2 N–H and O–H groups in total. The molecule has 0 bridgehead atoms. The minimum Gasteiger partial charge on any atom is -0.395 e. The average molecular weight is 485 g/mol. The van der Waals surface area contributed by atoms with Crippen LogP contribution in [0.2, 0.25) is 5.02 Å². The number of halogens is 2. The number of aliphatic hydroxyl groups is 1. The zero-order valence-electron chi connectivity index (χ0n) is 18.6. The van der Waals surface area contributed by atoms with Crippen molar-refractivity contribution < 1.29 is 14.3 Å². The van der Waals surface area contributed by atoms with Gasteiger partial charge in [-0.25, -0.2) is 4.39 Å². The highest BCUT2D eigenvalue weighted by atomic mass is 35.5. The van der Waals surface area contributed by atoms with Crippen molar-refractivity contribution in [2.75, 3.05) is 49.5 Å². The summed E-state index contributed by atoms with van der Waals surface area (Å²) in [7, 11) is 0. The summed E-state index contributed by atoms with van der Waals surface area (Å²) in [6.45, 7) is 3.44. The zero-order chi connectivity index (χ0) is 23.8. The highest BCUT2D eigenvalue weighted by molar-refractivity contribution is 6.31. The number of nitrogens with one attached hydrogen (secondary N) is 1. The van der Waals surface area contributed by atoms with Crippen LogP contribution in [0.4, 0.5) is 15.8 Å². The highest BCUT2D eigenvalue weighted by Crippen LogP contribution is 2.38. The minimum atomic E-state index is -0.548. The number of hydrogen-bond acceptors (Lipinski definition) is 5. The van der Waals surface area contributed by atoms with Gasteiger partial charge < -0.3 is 19.9 Å². The van der Waals surface area contributed by atoms with E-state index in [1.165, 1.54) is 6.07 Å². The molecule has 1 aliphatic carbocycles. The summed E-state index contributed by atoms with van der Waals surface area (Å²) in [5, 5.41) is 12.5. The Labute approximate surface area is 201 Å². The maximum absolute atomic E-state index is 15.2. The van der Waals surface area contributed by atoms with Crippen LogP contribution in [0.1, 0.15) is 29.2 Å². The summed E-state index contributed by atoms with van der Waals surface area (Å²) in [5.41, 5.74) is 1.06. The maximum atomic E-state index is 15.2. The molecule has 2 heterocycles. The second-order valence-corrected chi connectivity index (χ2v) is 9.28. The minimum absolute atomic E-state index is 0.0239. The van der Waals surface area contributed by atoms with Gasteiger partial charge in [-0.3, -0.25) is 14.5 Å². The number of rotatable bonds is 6. The molecule has 0 spiro atoms. The quantitative estimate of drug-likeness (QED) is 0.560. The summed E-state index contributed by atoms with van der Waals surface area (Å²) < 4.78 is 17.2. The Morgan fingerprint density at radius 1 is 1.15 bits per heavy atom. The number of aromatic nitrogens is 1. The Kier molecular flexibility index (Phi) is 6.29. The van der Waals surface area contributed by atoms with Crippen LogP contribution >= 0.6 is 11.6 Å². The van der Waals surface area contributed by atoms with Crippen LogP contribution in [0, 0.1) is 5.82 Å². The summed E-state index contributed by atoms with van der Waals surface area (Å²) in [5.74, 6) is -1.02. The van der Waals surface area contributed by atoms with E-state index in [0.29, 0.717) is 41.5 Å². The maximum Gasteiger partial charge on any atom is 0.261 e. The van der Waals surface area contributed by atoms with Gasteiger partial charge in [0.2, 0.25) is 5.43 Å². The van der Waals surface area contributed by atoms with Gasteiger partial charge in [0.1, 0.15) is 11.4 Å². The van der Waals surface area contributed by atoms with Crippen LogP contribution in [0.5, 0.6) is 0 Å². The van der Waals surface area contributed by atoms with Gasteiger partial charge in [-0.1, -0.05) is 17.7 Å². The number of benzene rings is 2. The molecule has 1 aromatic heterocycles. The van der Waals surface area contributed by atoms with Crippen molar-refractivity contribution in [3.8, 4) is 0 Å². The summed E-state index contributed by atoms with van der Waals surface area (Å²) in [6, 6.07) is 9.89. The molecule has 2 aromatic carbocycles. The molecule has 7 nitrogen and oxygen atoms in total. The first-order valence-corrected chi connectivity index (χ1v) is 11.9. The van der Waals surface area contributed by atoms with Crippen molar-refractivity contribution in [2.45, 2.75) is 18.9 Å². The molecule has 34 heavy (non-hydrogen) atoms. The fourth-order valence-electron chi connectivity index (χ4n) is 4.54.